The van der Waals surface area contributed by atoms with Crippen molar-refractivity contribution in [1.82, 2.24) is 14.9 Å². The third kappa shape index (κ3) is 5.18. The average Bonchev–Trinajstić information content (AvgIpc) is 2.74. The molecule has 1 aromatic heterocycles. The number of urea groups is 1. The lowest BCUT2D eigenvalue weighted by atomic mass is 10.00. The van der Waals surface area contributed by atoms with Crippen molar-refractivity contribution in [3.63, 3.8) is 0 Å². The highest BCUT2D eigenvalue weighted by Crippen LogP contribution is 2.22. The van der Waals surface area contributed by atoms with Crippen LogP contribution in [-0.2, 0) is 4.74 Å². The summed E-state index contributed by atoms with van der Waals surface area (Å²) in [6.07, 6.45) is 1.63. The van der Waals surface area contributed by atoms with E-state index in [2.05, 4.69) is 34.0 Å². The van der Waals surface area contributed by atoms with Gasteiger partial charge in [0.25, 0.3) is 0 Å². The highest BCUT2D eigenvalue weighted by atomic mass is 35.5. The van der Waals surface area contributed by atoms with Crippen LogP contribution in [0.1, 0.15) is 31.1 Å². The molecule has 3 rings (SSSR count). The van der Waals surface area contributed by atoms with Gasteiger partial charge in [0.1, 0.15) is 5.15 Å². The number of hydrogen-bond acceptors (Lipinski definition) is 6. The number of ether oxygens (including phenoxy) is 1. The van der Waals surface area contributed by atoms with Crippen LogP contribution in [0.4, 0.5) is 16.4 Å². The monoisotopic (exact) mass is 431 g/mol. The molecule has 8 nitrogen and oxygen atoms in total. The molecule has 0 radical (unpaired) electrons. The number of amides is 2. The van der Waals surface area contributed by atoms with E-state index in [1.54, 1.807) is 43.5 Å². The maximum atomic E-state index is 13.0. The van der Waals surface area contributed by atoms with Crippen molar-refractivity contribution in [3.8, 4) is 0 Å². The van der Waals surface area contributed by atoms with Crippen LogP contribution in [0.25, 0.3) is 0 Å². The maximum absolute atomic E-state index is 13.0. The Hall–Kier alpha value is -2.87. The number of carbonyl (C=O) groups excluding carboxylic acids is 2. The molecule has 0 saturated carbocycles. The van der Waals surface area contributed by atoms with Gasteiger partial charge < -0.3 is 19.9 Å². The van der Waals surface area contributed by atoms with Crippen molar-refractivity contribution < 1.29 is 14.3 Å². The topological polar surface area (TPSA) is 87.7 Å². The van der Waals surface area contributed by atoms with Crippen LogP contribution in [0.2, 0.25) is 5.15 Å². The van der Waals surface area contributed by atoms with E-state index in [9.17, 15) is 9.59 Å². The molecule has 9 heteroatoms. The SMILES string of the molecule is CCOC(=O)c1ccc(NC(=O)N2CCN(c3nccc(Cl)n3)CC2C(C)C)cc1. The van der Waals surface area contributed by atoms with E-state index >= 15 is 0 Å². The summed E-state index contributed by atoms with van der Waals surface area (Å²) in [7, 11) is 0. The molecule has 2 aromatic rings. The first-order chi connectivity index (χ1) is 14.4. The van der Waals surface area contributed by atoms with Gasteiger partial charge in [-0.1, -0.05) is 25.4 Å². The van der Waals surface area contributed by atoms with Crippen molar-refractivity contribution in [2.45, 2.75) is 26.8 Å². The maximum Gasteiger partial charge on any atom is 0.338 e. The number of rotatable bonds is 5. The van der Waals surface area contributed by atoms with Gasteiger partial charge in [0.2, 0.25) is 5.95 Å². The molecule has 0 bridgehead atoms. The molecule has 2 amide bonds. The molecule has 160 valence electrons. The highest BCUT2D eigenvalue weighted by Gasteiger charge is 2.33. The number of halogens is 1. The molecule has 2 heterocycles. The number of carbonyl (C=O) groups is 2. The number of piperazine rings is 1. The van der Waals surface area contributed by atoms with Gasteiger partial charge in [-0.3, -0.25) is 0 Å². The largest absolute Gasteiger partial charge is 0.462 e. The molecular weight excluding hydrogens is 406 g/mol. The van der Waals surface area contributed by atoms with E-state index < -0.39 is 0 Å². The molecule has 1 saturated heterocycles. The Kier molecular flexibility index (Phi) is 7.10. The summed E-state index contributed by atoms with van der Waals surface area (Å²) < 4.78 is 4.98. The van der Waals surface area contributed by atoms with Crippen molar-refractivity contribution in [2.24, 2.45) is 5.92 Å². The molecule has 30 heavy (non-hydrogen) atoms. The van der Waals surface area contributed by atoms with Crippen LogP contribution >= 0.6 is 11.6 Å². The lowest BCUT2D eigenvalue weighted by molar-refractivity contribution is 0.0526. The lowest BCUT2D eigenvalue weighted by Gasteiger charge is -2.43. The van der Waals surface area contributed by atoms with Crippen LogP contribution in [0.15, 0.2) is 36.5 Å². The van der Waals surface area contributed by atoms with Crippen LogP contribution in [-0.4, -0.2) is 59.2 Å². The van der Waals surface area contributed by atoms with Gasteiger partial charge in [-0.05, 0) is 43.2 Å². The first kappa shape index (κ1) is 21.8. The Morgan fingerprint density at radius 2 is 1.97 bits per heavy atom. The zero-order valence-electron chi connectivity index (χ0n) is 17.3. The van der Waals surface area contributed by atoms with E-state index in [1.165, 1.54) is 0 Å². The van der Waals surface area contributed by atoms with Gasteiger partial charge in [0.05, 0.1) is 18.2 Å². The Balaban J connectivity index is 1.67. The molecule has 1 fully saturated rings. The molecule has 1 aliphatic heterocycles. The summed E-state index contributed by atoms with van der Waals surface area (Å²) in [4.78, 5) is 37.2. The minimum absolute atomic E-state index is 0.0138. The molecule has 1 aliphatic rings. The van der Waals surface area contributed by atoms with Gasteiger partial charge in [-0.25, -0.2) is 19.6 Å². The quantitative estimate of drug-likeness (QED) is 0.573. The number of nitrogens with zero attached hydrogens (tertiary/aromatic N) is 4. The summed E-state index contributed by atoms with van der Waals surface area (Å²) >= 11 is 6.00. The molecule has 1 atom stereocenters. The predicted molar refractivity (Wildman–Crippen MR) is 116 cm³/mol. The second-order valence-corrected chi connectivity index (χ2v) is 7.75. The first-order valence-corrected chi connectivity index (χ1v) is 10.3. The van der Waals surface area contributed by atoms with E-state index in [1.807, 2.05) is 4.90 Å². The number of benzene rings is 1. The Labute approximate surface area is 181 Å². The minimum atomic E-state index is -0.380. The third-order valence-corrected chi connectivity index (χ3v) is 5.20. The number of anilines is 2. The fraction of sp³-hybridized carbons (Fsp3) is 0.429. The average molecular weight is 432 g/mol. The Bertz CT molecular complexity index is 890. The van der Waals surface area contributed by atoms with Gasteiger partial charge >= 0.3 is 12.0 Å². The molecule has 0 spiro atoms. The van der Waals surface area contributed by atoms with E-state index in [0.29, 0.717) is 48.6 Å². The minimum Gasteiger partial charge on any atom is -0.462 e. The molecular formula is C21H26ClN5O3. The molecule has 0 aliphatic carbocycles. The second-order valence-electron chi connectivity index (χ2n) is 7.36. The fourth-order valence-corrected chi connectivity index (χ4v) is 3.53. The number of esters is 1. The van der Waals surface area contributed by atoms with Crippen LogP contribution in [0.3, 0.4) is 0 Å². The van der Waals surface area contributed by atoms with Crippen molar-refractivity contribution in [3.05, 3.63) is 47.2 Å². The smallest absolute Gasteiger partial charge is 0.338 e. The van der Waals surface area contributed by atoms with E-state index in [-0.39, 0.29) is 24.0 Å². The molecule has 1 N–H and O–H groups in total. The van der Waals surface area contributed by atoms with Gasteiger partial charge in [0, 0.05) is 31.5 Å². The predicted octanol–water partition coefficient (Wildman–Crippen LogP) is 3.69. The lowest BCUT2D eigenvalue weighted by Crippen LogP contribution is -2.58. The summed E-state index contributed by atoms with van der Waals surface area (Å²) in [5.74, 6) is 0.432. The van der Waals surface area contributed by atoms with E-state index in [4.69, 9.17) is 16.3 Å². The van der Waals surface area contributed by atoms with E-state index in [0.717, 1.165) is 0 Å². The van der Waals surface area contributed by atoms with Crippen LogP contribution in [0, 0.1) is 5.92 Å². The normalized spacial score (nSPS) is 16.5. The van der Waals surface area contributed by atoms with Crippen molar-refractivity contribution >= 4 is 35.2 Å². The molecule has 1 aromatic carbocycles. The first-order valence-electron chi connectivity index (χ1n) is 9.97. The zero-order chi connectivity index (χ0) is 21.7. The fourth-order valence-electron chi connectivity index (χ4n) is 3.39. The number of aromatic nitrogens is 2. The Morgan fingerprint density at radius 3 is 2.60 bits per heavy atom. The number of hydrogen-bond donors (Lipinski definition) is 1. The molecule has 1 unspecified atom stereocenters. The summed E-state index contributed by atoms with van der Waals surface area (Å²) in [6.45, 7) is 8.01. The summed E-state index contributed by atoms with van der Waals surface area (Å²) in [6, 6.07) is 8.13. The summed E-state index contributed by atoms with van der Waals surface area (Å²) in [5.41, 5.74) is 1.07. The zero-order valence-corrected chi connectivity index (χ0v) is 18.1. The second kappa shape index (κ2) is 9.75. The highest BCUT2D eigenvalue weighted by molar-refractivity contribution is 6.29. The number of nitrogens with one attached hydrogen (secondary N) is 1. The third-order valence-electron chi connectivity index (χ3n) is 4.99. The van der Waals surface area contributed by atoms with Gasteiger partial charge in [0.15, 0.2) is 0 Å². The summed E-state index contributed by atoms with van der Waals surface area (Å²) in [5, 5.41) is 3.32. The van der Waals surface area contributed by atoms with Crippen LogP contribution in [0.5, 0.6) is 0 Å². The van der Waals surface area contributed by atoms with Gasteiger partial charge in [-0.2, -0.15) is 0 Å². The standard InChI is InChI=1S/C21H26ClN5O3/c1-4-30-19(28)15-5-7-16(8-6-15)24-21(29)27-12-11-26(13-17(27)14(2)3)20-23-10-9-18(22)25-20/h5-10,14,17H,4,11-13H2,1-3H3,(H,24,29). The van der Waals surface area contributed by atoms with Crippen molar-refractivity contribution in [2.75, 3.05) is 36.5 Å². The van der Waals surface area contributed by atoms with Gasteiger partial charge in [-0.15, -0.1) is 0 Å². The van der Waals surface area contributed by atoms with Crippen molar-refractivity contribution in [1.29, 1.82) is 0 Å². The Morgan fingerprint density at radius 1 is 1.23 bits per heavy atom. The van der Waals surface area contributed by atoms with Crippen LogP contribution < -0.4 is 10.2 Å².